The highest BCUT2D eigenvalue weighted by Crippen LogP contribution is 2.21. The van der Waals surface area contributed by atoms with Crippen LogP contribution in [0.25, 0.3) is 0 Å². The van der Waals surface area contributed by atoms with Crippen LogP contribution in [0.3, 0.4) is 0 Å². The van der Waals surface area contributed by atoms with E-state index in [1.165, 1.54) is 7.11 Å². The van der Waals surface area contributed by atoms with Gasteiger partial charge in [0, 0.05) is 13.0 Å². The van der Waals surface area contributed by atoms with Crippen molar-refractivity contribution in [2.75, 3.05) is 20.3 Å². The van der Waals surface area contributed by atoms with Gasteiger partial charge in [0.25, 0.3) is 0 Å². The number of benzene rings is 1. The van der Waals surface area contributed by atoms with E-state index < -0.39 is 0 Å². The summed E-state index contributed by atoms with van der Waals surface area (Å²) >= 11 is 0. The second-order valence-corrected chi connectivity index (χ2v) is 4.29. The molecule has 0 radical (unpaired) electrons. The number of methoxy groups -OCH3 is 1. The molecule has 0 saturated heterocycles. The monoisotopic (exact) mass is 264 g/mol. The summed E-state index contributed by atoms with van der Waals surface area (Å²) in [6.45, 7) is 4.71. The molecule has 0 aliphatic carbocycles. The quantitative estimate of drug-likeness (QED) is 0.411. The lowest BCUT2D eigenvalue weighted by Crippen LogP contribution is -2.11. The van der Waals surface area contributed by atoms with E-state index in [1.807, 2.05) is 19.9 Å². The largest absolute Gasteiger partial charge is 0.496 e. The van der Waals surface area contributed by atoms with Crippen LogP contribution in [0.15, 0.2) is 18.2 Å². The van der Waals surface area contributed by atoms with E-state index in [0.29, 0.717) is 24.5 Å². The third-order valence-corrected chi connectivity index (χ3v) is 2.74. The minimum absolute atomic E-state index is 0.104. The summed E-state index contributed by atoms with van der Waals surface area (Å²) in [6, 6.07) is 5.36. The van der Waals surface area contributed by atoms with Crippen molar-refractivity contribution in [3.63, 3.8) is 0 Å². The molecule has 0 spiro atoms. The Balaban J connectivity index is 2.67. The molecular weight excluding hydrogens is 244 g/mol. The number of hydrogen-bond acceptors (Lipinski definition) is 4. The van der Waals surface area contributed by atoms with Crippen molar-refractivity contribution in [3.05, 3.63) is 29.3 Å². The van der Waals surface area contributed by atoms with Crippen molar-refractivity contribution in [3.8, 4) is 5.75 Å². The van der Waals surface area contributed by atoms with Crippen molar-refractivity contribution in [2.24, 2.45) is 0 Å². The van der Waals surface area contributed by atoms with Crippen LogP contribution >= 0.6 is 0 Å². The van der Waals surface area contributed by atoms with E-state index in [4.69, 9.17) is 9.47 Å². The van der Waals surface area contributed by atoms with Gasteiger partial charge in [0.1, 0.15) is 11.5 Å². The zero-order chi connectivity index (χ0) is 14.3. The summed E-state index contributed by atoms with van der Waals surface area (Å²) in [5.41, 5.74) is 1.43. The smallest absolute Gasteiger partial charge is 0.173 e. The van der Waals surface area contributed by atoms with Gasteiger partial charge >= 0.3 is 0 Å². The normalized spacial score (nSPS) is 10.3. The number of carbonyl (C=O) groups excluding carboxylic acids is 2. The molecule has 104 valence electrons. The molecule has 1 aromatic carbocycles. The summed E-state index contributed by atoms with van der Waals surface area (Å²) in [6.07, 6.45) is 0.167. The summed E-state index contributed by atoms with van der Waals surface area (Å²) in [5.74, 6) is 0.192. The minimum atomic E-state index is -0.206. The Morgan fingerprint density at radius 3 is 2.63 bits per heavy atom. The van der Waals surface area contributed by atoms with Crippen molar-refractivity contribution in [2.45, 2.75) is 26.7 Å². The summed E-state index contributed by atoms with van der Waals surface area (Å²) in [5, 5.41) is 0. The molecule has 4 heteroatoms. The number of carbonyl (C=O) groups is 2. The maximum atomic E-state index is 12.1. The van der Waals surface area contributed by atoms with Gasteiger partial charge in [-0.2, -0.15) is 0 Å². The molecule has 0 heterocycles. The summed E-state index contributed by atoms with van der Waals surface area (Å²) < 4.78 is 10.2. The topological polar surface area (TPSA) is 52.6 Å². The van der Waals surface area contributed by atoms with Crippen molar-refractivity contribution in [1.29, 1.82) is 0 Å². The maximum Gasteiger partial charge on any atom is 0.173 e. The fourth-order valence-corrected chi connectivity index (χ4v) is 1.73. The standard InChI is InChI=1S/C15H20O4/c1-4-19-8-7-12(16)10-14(17)13-9-11(2)5-6-15(13)18-3/h5-6,9H,4,7-8,10H2,1-3H3. The molecular formula is C15H20O4. The molecule has 0 N–H and O–H groups in total. The maximum absolute atomic E-state index is 12.1. The molecule has 19 heavy (non-hydrogen) atoms. The van der Waals surface area contributed by atoms with Crippen LogP contribution in [0.1, 0.15) is 35.7 Å². The number of Topliss-reactive ketones (excluding diaryl/α,β-unsaturated/α-hetero) is 2. The number of hydrogen-bond donors (Lipinski definition) is 0. The van der Waals surface area contributed by atoms with Gasteiger partial charge in [-0.15, -0.1) is 0 Å². The summed E-state index contributed by atoms with van der Waals surface area (Å²) in [4.78, 5) is 23.7. The molecule has 0 saturated carbocycles. The van der Waals surface area contributed by atoms with Crippen LogP contribution < -0.4 is 4.74 Å². The molecule has 0 unspecified atom stereocenters. The number of ether oxygens (including phenoxy) is 2. The molecule has 0 aromatic heterocycles. The average molecular weight is 264 g/mol. The third kappa shape index (κ3) is 4.83. The fourth-order valence-electron chi connectivity index (χ4n) is 1.73. The second-order valence-electron chi connectivity index (χ2n) is 4.29. The van der Waals surface area contributed by atoms with Gasteiger partial charge in [-0.25, -0.2) is 0 Å². The minimum Gasteiger partial charge on any atom is -0.496 e. The molecule has 0 bridgehead atoms. The molecule has 0 amide bonds. The lowest BCUT2D eigenvalue weighted by molar-refractivity contribution is -0.119. The molecule has 1 aromatic rings. The molecule has 0 atom stereocenters. The van der Waals surface area contributed by atoms with E-state index in [9.17, 15) is 9.59 Å². The van der Waals surface area contributed by atoms with Crippen LogP contribution in [0.5, 0.6) is 5.75 Å². The van der Waals surface area contributed by atoms with Gasteiger partial charge in [-0.05, 0) is 26.0 Å². The Morgan fingerprint density at radius 1 is 1.26 bits per heavy atom. The van der Waals surface area contributed by atoms with Crippen LogP contribution in [0.2, 0.25) is 0 Å². The van der Waals surface area contributed by atoms with Gasteiger partial charge < -0.3 is 9.47 Å². The Labute approximate surface area is 113 Å². The van der Waals surface area contributed by atoms with Crippen molar-refractivity contribution >= 4 is 11.6 Å². The first-order valence-corrected chi connectivity index (χ1v) is 6.35. The predicted molar refractivity (Wildman–Crippen MR) is 72.8 cm³/mol. The lowest BCUT2D eigenvalue weighted by Gasteiger charge is -2.08. The van der Waals surface area contributed by atoms with Gasteiger partial charge in [-0.3, -0.25) is 9.59 Å². The second kappa shape index (κ2) is 7.69. The molecule has 0 aliphatic heterocycles. The number of aryl methyl sites for hydroxylation is 1. The van der Waals surface area contributed by atoms with Crippen LogP contribution in [-0.2, 0) is 9.53 Å². The summed E-state index contributed by atoms with van der Waals surface area (Å²) in [7, 11) is 1.51. The van der Waals surface area contributed by atoms with Crippen molar-refractivity contribution in [1.82, 2.24) is 0 Å². The highest BCUT2D eigenvalue weighted by molar-refractivity contribution is 6.09. The molecule has 0 fully saturated rings. The highest BCUT2D eigenvalue weighted by Gasteiger charge is 2.16. The van der Waals surface area contributed by atoms with Crippen LogP contribution in [0, 0.1) is 6.92 Å². The number of rotatable bonds is 8. The van der Waals surface area contributed by atoms with Gasteiger partial charge in [0.2, 0.25) is 0 Å². The lowest BCUT2D eigenvalue weighted by atomic mass is 10.0. The Bertz CT molecular complexity index is 451. The Morgan fingerprint density at radius 2 is 2.00 bits per heavy atom. The Hall–Kier alpha value is -1.68. The third-order valence-electron chi connectivity index (χ3n) is 2.74. The van der Waals surface area contributed by atoms with E-state index >= 15 is 0 Å². The fraction of sp³-hybridized carbons (Fsp3) is 0.467. The zero-order valence-electron chi connectivity index (χ0n) is 11.7. The first-order valence-electron chi connectivity index (χ1n) is 6.35. The van der Waals surface area contributed by atoms with Crippen LogP contribution in [0.4, 0.5) is 0 Å². The highest BCUT2D eigenvalue weighted by atomic mass is 16.5. The predicted octanol–water partition coefficient (Wildman–Crippen LogP) is 2.57. The number of ketones is 2. The molecule has 1 rings (SSSR count). The first kappa shape index (κ1) is 15.4. The van der Waals surface area contributed by atoms with E-state index in [0.717, 1.165) is 5.56 Å². The molecule has 0 aliphatic rings. The first-order chi connectivity index (χ1) is 9.08. The molecule has 4 nitrogen and oxygen atoms in total. The van der Waals surface area contributed by atoms with E-state index in [2.05, 4.69) is 0 Å². The van der Waals surface area contributed by atoms with Gasteiger partial charge in [0.15, 0.2) is 5.78 Å². The van der Waals surface area contributed by atoms with Gasteiger partial charge in [-0.1, -0.05) is 11.6 Å². The van der Waals surface area contributed by atoms with Crippen molar-refractivity contribution < 1.29 is 19.1 Å². The van der Waals surface area contributed by atoms with Crippen LogP contribution in [-0.4, -0.2) is 31.9 Å². The average Bonchev–Trinajstić information content (AvgIpc) is 2.39. The van der Waals surface area contributed by atoms with E-state index in [-0.39, 0.29) is 24.4 Å². The zero-order valence-corrected chi connectivity index (χ0v) is 11.7. The van der Waals surface area contributed by atoms with E-state index in [1.54, 1.807) is 12.1 Å². The van der Waals surface area contributed by atoms with Gasteiger partial charge in [0.05, 0.1) is 25.7 Å². The SMILES string of the molecule is CCOCCC(=O)CC(=O)c1cc(C)ccc1OC. The Kier molecular flexibility index (Phi) is 6.22.